The van der Waals surface area contributed by atoms with E-state index in [1.807, 2.05) is 0 Å². The van der Waals surface area contributed by atoms with Crippen molar-refractivity contribution in [3.63, 3.8) is 0 Å². The second-order valence-electron chi connectivity index (χ2n) is 5.60. The first-order chi connectivity index (χ1) is 8.70. The van der Waals surface area contributed by atoms with E-state index in [4.69, 9.17) is 5.73 Å². The summed E-state index contributed by atoms with van der Waals surface area (Å²) in [6.45, 7) is 5.75. The number of hydrogen-bond acceptors (Lipinski definition) is 2. The summed E-state index contributed by atoms with van der Waals surface area (Å²) in [5, 5.41) is 0. The highest BCUT2D eigenvalue weighted by Gasteiger charge is 2.28. The van der Waals surface area contributed by atoms with Crippen LogP contribution < -0.4 is 5.73 Å². The molecule has 1 aromatic carbocycles. The van der Waals surface area contributed by atoms with Gasteiger partial charge in [0.2, 0.25) is 0 Å². The average Bonchev–Trinajstić information content (AvgIpc) is 2.78. The van der Waals surface area contributed by atoms with E-state index in [1.165, 1.54) is 24.8 Å². The topological polar surface area (TPSA) is 29.3 Å². The van der Waals surface area contributed by atoms with Crippen molar-refractivity contribution in [2.75, 3.05) is 6.54 Å². The molecule has 0 aromatic heterocycles. The standard InChI is InChI=1S/C16H26N2.CH4/c1-3-18(16-10-9-15(17)12-16)13(2)11-14-7-5-4-6-8-14;/h4-8,13,15-16H,3,9-12,17H2,1-2H3;1H4. The van der Waals surface area contributed by atoms with Crippen molar-refractivity contribution < 1.29 is 0 Å². The van der Waals surface area contributed by atoms with Gasteiger partial charge in [0, 0.05) is 18.1 Å². The number of nitrogens with two attached hydrogens (primary N) is 1. The molecule has 0 heterocycles. The Kier molecular flexibility index (Phi) is 6.53. The fourth-order valence-corrected chi connectivity index (χ4v) is 3.30. The van der Waals surface area contributed by atoms with E-state index in [0.717, 1.165) is 13.0 Å². The van der Waals surface area contributed by atoms with Gasteiger partial charge in [-0.3, -0.25) is 4.90 Å². The Labute approximate surface area is 119 Å². The Morgan fingerprint density at radius 1 is 1.26 bits per heavy atom. The summed E-state index contributed by atoms with van der Waals surface area (Å²) < 4.78 is 0. The summed E-state index contributed by atoms with van der Waals surface area (Å²) in [4.78, 5) is 2.64. The molecule has 1 aliphatic carbocycles. The van der Waals surface area contributed by atoms with Gasteiger partial charge in [-0.1, -0.05) is 44.7 Å². The lowest BCUT2D eigenvalue weighted by molar-refractivity contribution is 0.152. The van der Waals surface area contributed by atoms with Crippen LogP contribution in [0, 0.1) is 0 Å². The van der Waals surface area contributed by atoms with Gasteiger partial charge in [-0.2, -0.15) is 0 Å². The van der Waals surface area contributed by atoms with Gasteiger partial charge in [-0.05, 0) is 44.7 Å². The number of likely N-dealkylation sites (N-methyl/N-ethyl adjacent to an activating group) is 1. The van der Waals surface area contributed by atoms with Crippen molar-refractivity contribution >= 4 is 0 Å². The van der Waals surface area contributed by atoms with E-state index in [9.17, 15) is 0 Å². The van der Waals surface area contributed by atoms with Crippen LogP contribution in [0.15, 0.2) is 30.3 Å². The first-order valence-corrected chi connectivity index (χ1v) is 7.26. The molecule has 0 aliphatic heterocycles. The Morgan fingerprint density at radius 3 is 2.47 bits per heavy atom. The number of benzene rings is 1. The van der Waals surface area contributed by atoms with Crippen LogP contribution >= 0.6 is 0 Å². The highest BCUT2D eigenvalue weighted by Crippen LogP contribution is 2.25. The Bertz CT molecular complexity index is 350. The van der Waals surface area contributed by atoms with Crippen LogP contribution in [0.3, 0.4) is 0 Å². The highest BCUT2D eigenvalue weighted by atomic mass is 15.2. The van der Waals surface area contributed by atoms with E-state index in [1.54, 1.807) is 0 Å². The zero-order valence-corrected chi connectivity index (χ0v) is 11.7. The van der Waals surface area contributed by atoms with E-state index >= 15 is 0 Å². The van der Waals surface area contributed by atoms with Crippen LogP contribution in [-0.4, -0.2) is 29.6 Å². The minimum atomic E-state index is 0. The third kappa shape index (κ3) is 4.32. The fourth-order valence-electron chi connectivity index (χ4n) is 3.30. The van der Waals surface area contributed by atoms with Crippen LogP contribution in [0.25, 0.3) is 0 Å². The molecular formula is C17H30N2. The minimum Gasteiger partial charge on any atom is -0.328 e. The molecule has 2 N–H and O–H groups in total. The predicted molar refractivity (Wildman–Crippen MR) is 84.3 cm³/mol. The van der Waals surface area contributed by atoms with Crippen LogP contribution in [0.1, 0.15) is 46.1 Å². The SMILES string of the molecule is C.CCN(C(C)Cc1ccccc1)C1CCC(N)C1. The van der Waals surface area contributed by atoms with Gasteiger partial charge in [-0.25, -0.2) is 0 Å². The summed E-state index contributed by atoms with van der Waals surface area (Å²) in [6, 6.07) is 12.5. The van der Waals surface area contributed by atoms with E-state index in [-0.39, 0.29) is 7.43 Å². The van der Waals surface area contributed by atoms with Gasteiger partial charge in [-0.15, -0.1) is 0 Å². The van der Waals surface area contributed by atoms with Crippen molar-refractivity contribution in [2.24, 2.45) is 5.73 Å². The van der Waals surface area contributed by atoms with Crippen molar-refractivity contribution in [2.45, 2.75) is 65.1 Å². The normalized spacial score (nSPS) is 24.2. The summed E-state index contributed by atoms with van der Waals surface area (Å²) in [6.07, 6.45) is 4.78. The van der Waals surface area contributed by atoms with Crippen molar-refractivity contribution in [3.8, 4) is 0 Å². The van der Waals surface area contributed by atoms with E-state index < -0.39 is 0 Å². The van der Waals surface area contributed by atoms with Crippen LogP contribution in [0.2, 0.25) is 0 Å². The molecule has 0 bridgehead atoms. The van der Waals surface area contributed by atoms with Gasteiger partial charge in [0.05, 0.1) is 0 Å². The molecule has 0 amide bonds. The average molecular weight is 262 g/mol. The molecule has 0 saturated heterocycles. The first kappa shape index (κ1) is 16.2. The summed E-state index contributed by atoms with van der Waals surface area (Å²) in [5.74, 6) is 0. The lowest BCUT2D eigenvalue weighted by Gasteiger charge is -2.33. The second kappa shape index (κ2) is 7.66. The molecule has 2 rings (SSSR count). The van der Waals surface area contributed by atoms with Crippen LogP contribution in [0.4, 0.5) is 0 Å². The molecule has 1 saturated carbocycles. The molecule has 19 heavy (non-hydrogen) atoms. The number of rotatable bonds is 5. The molecule has 1 fully saturated rings. The molecule has 2 nitrogen and oxygen atoms in total. The smallest absolute Gasteiger partial charge is 0.0113 e. The maximum atomic E-state index is 6.04. The lowest BCUT2D eigenvalue weighted by Crippen LogP contribution is -2.42. The zero-order chi connectivity index (χ0) is 13.0. The predicted octanol–water partition coefficient (Wildman–Crippen LogP) is 3.46. The quantitative estimate of drug-likeness (QED) is 0.880. The maximum Gasteiger partial charge on any atom is 0.0113 e. The molecule has 108 valence electrons. The van der Waals surface area contributed by atoms with Crippen LogP contribution in [0.5, 0.6) is 0 Å². The lowest BCUT2D eigenvalue weighted by atomic mass is 10.0. The molecule has 0 spiro atoms. The monoisotopic (exact) mass is 262 g/mol. The summed E-state index contributed by atoms with van der Waals surface area (Å²) in [7, 11) is 0. The second-order valence-corrected chi connectivity index (χ2v) is 5.60. The van der Waals surface area contributed by atoms with Crippen molar-refractivity contribution in [3.05, 3.63) is 35.9 Å². The third-order valence-electron chi connectivity index (χ3n) is 4.22. The third-order valence-corrected chi connectivity index (χ3v) is 4.22. The molecule has 3 unspecified atom stereocenters. The maximum absolute atomic E-state index is 6.04. The van der Waals surface area contributed by atoms with Gasteiger partial charge < -0.3 is 5.73 Å². The molecule has 1 aliphatic rings. The number of nitrogens with zero attached hydrogens (tertiary/aromatic N) is 1. The largest absolute Gasteiger partial charge is 0.328 e. The number of hydrogen-bond donors (Lipinski definition) is 1. The molecule has 2 heteroatoms. The molecule has 3 atom stereocenters. The highest BCUT2D eigenvalue weighted by molar-refractivity contribution is 5.15. The fraction of sp³-hybridized carbons (Fsp3) is 0.647. The molecule has 1 aromatic rings. The molecule has 0 radical (unpaired) electrons. The van der Waals surface area contributed by atoms with Gasteiger partial charge in [0.1, 0.15) is 0 Å². The van der Waals surface area contributed by atoms with Crippen molar-refractivity contribution in [1.29, 1.82) is 0 Å². The van der Waals surface area contributed by atoms with Gasteiger partial charge in [0.25, 0.3) is 0 Å². The van der Waals surface area contributed by atoms with E-state index in [2.05, 4.69) is 49.1 Å². The Hall–Kier alpha value is -0.860. The molecular weight excluding hydrogens is 232 g/mol. The van der Waals surface area contributed by atoms with Gasteiger partial charge >= 0.3 is 0 Å². The van der Waals surface area contributed by atoms with E-state index in [0.29, 0.717) is 18.1 Å². The Balaban J connectivity index is 0.00000180. The summed E-state index contributed by atoms with van der Waals surface area (Å²) >= 11 is 0. The first-order valence-electron chi connectivity index (χ1n) is 7.26. The Morgan fingerprint density at radius 2 is 1.95 bits per heavy atom. The van der Waals surface area contributed by atoms with Gasteiger partial charge in [0.15, 0.2) is 0 Å². The zero-order valence-electron chi connectivity index (χ0n) is 11.7. The van der Waals surface area contributed by atoms with Crippen LogP contribution in [-0.2, 0) is 6.42 Å². The van der Waals surface area contributed by atoms with Crippen molar-refractivity contribution in [1.82, 2.24) is 4.90 Å². The summed E-state index contributed by atoms with van der Waals surface area (Å²) in [5.41, 5.74) is 7.48. The minimum absolute atomic E-state index is 0.